The van der Waals surface area contributed by atoms with Crippen LogP contribution < -0.4 is 0 Å². The van der Waals surface area contributed by atoms with Crippen LogP contribution >= 0.6 is 0 Å². The maximum absolute atomic E-state index is 12.6. The largest absolute Gasteiger partial charge is 0.390 e. The van der Waals surface area contributed by atoms with Crippen molar-refractivity contribution in [1.29, 1.82) is 0 Å². The monoisotopic (exact) mass is 442 g/mol. The fourth-order valence-electron chi connectivity index (χ4n) is 9.44. The van der Waals surface area contributed by atoms with Crippen molar-refractivity contribution in [2.75, 3.05) is 0 Å². The third kappa shape index (κ3) is 4.21. The summed E-state index contributed by atoms with van der Waals surface area (Å²) in [6.45, 7) is 9.40. The molecule has 0 amide bonds. The van der Waals surface area contributed by atoms with Gasteiger partial charge in [0.2, 0.25) is 0 Å². The highest BCUT2D eigenvalue weighted by Gasteiger charge is 2.61. The highest BCUT2D eigenvalue weighted by atomic mass is 19.4. The second-order valence-corrected chi connectivity index (χ2v) is 12.7. The predicted octanol–water partition coefficient (Wildman–Crippen LogP) is 8.16. The van der Waals surface area contributed by atoms with Gasteiger partial charge in [-0.05, 0) is 117 Å². The molecule has 0 aromatic carbocycles. The first-order valence-corrected chi connectivity index (χ1v) is 13.2. The lowest BCUT2D eigenvalue weighted by Gasteiger charge is -2.62. The molecule has 1 unspecified atom stereocenters. The number of rotatable bonds is 5. The molecule has 0 aliphatic heterocycles. The number of alkyl halides is 3. The lowest BCUT2D eigenvalue weighted by Crippen LogP contribution is -2.56. The lowest BCUT2D eigenvalue weighted by molar-refractivity contribution is -0.153. The smallest absolute Gasteiger partial charge is 0.389 e. The van der Waals surface area contributed by atoms with Crippen molar-refractivity contribution in [2.24, 2.45) is 46.3 Å². The van der Waals surface area contributed by atoms with Crippen molar-refractivity contribution in [3.63, 3.8) is 0 Å². The van der Waals surface area contributed by atoms with Crippen LogP contribution in [0.5, 0.6) is 0 Å². The van der Waals surface area contributed by atoms with E-state index in [1.165, 1.54) is 44.9 Å². The van der Waals surface area contributed by atoms with Crippen molar-refractivity contribution in [1.82, 2.24) is 0 Å². The van der Waals surface area contributed by atoms with Crippen molar-refractivity contribution < 1.29 is 18.3 Å². The third-order valence-electron chi connectivity index (χ3n) is 11.4. The quantitative estimate of drug-likeness (QED) is 0.455. The Morgan fingerprint density at radius 1 is 0.935 bits per heavy atom. The molecule has 9 atom stereocenters. The predicted molar refractivity (Wildman–Crippen MR) is 120 cm³/mol. The average Bonchev–Trinajstić information content (AvgIpc) is 3.05. The van der Waals surface area contributed by atoms with E-state index in [1.807, 2.05) is 0 Å². The zero-order valence-electron chi connectivity index (χ0n) is 20.2. The fraction of sp³-hybridized carbons (Fsp3) is 1.00. The summed E-state index contributed by atoms with van der Waals surface area (Å²) in [5, 5.41) is 11.0. The molecule has 0 radical (unpaired) electrons. The van der Waals surface area contributed by atoms with Crippen LogP contribution in [0.25, 0.3) is 0 Å². The molecule has 0 aromatic rings. The van der Waals surface area contributed by atoms with E-state index in [4.69, 9.17) is 0 Å². The molecule has 31 heavy (non-hydrogen) atoms. The Bertz CT molecular complexity index is 647. The van der Waals surface area contributed by atoms with Gasteiger partial charge >= 0.3 is 6.18 Å². The van der Waals surface area contributed by atoms with Gasteiger partial charge in [-0.1, -0.05) is 34.1 Å². The summed E-state index contributed by atoms with van der Waals surface area (Å²) < 4.78 is 37.9. The molecule has 4 fully saturated rings. The molecule has 1 nitrogen and oxygen atoms in total. The molecule has 4 rings (SSSR count). The van der Waals surface area contributed by atoms with Gasteiger partial charge in [0.25, 0.3) is 0 Å². The molecule has 1 N–H and O–H groups in total. The normalized spacial score (nSPS) is 48.6. The van der Waals surface area contributed by atoms with E-state index in [0.29, 0.717) is 28.6 Å². The van der Waals surface area contributed by atoms with Crippen molar-refractivity contribution in [2.45, 2.75) is 123 Å². The molecule has 180 valence electrons. The van der Waals surface area contributed by atoms with Gasteiger partial charge in [0.15, 0.2) is 0 Å². The van der Waals surface area contributed by atoms with E-state index in [0.717, 1.165) is 43.4 Å². The van der Waals surface area contributed by atoms with Gasteiger partial charge < -0.3 is 5.11 Å². The zero-order valence-corrected chi connectivity index (χ0v) is 20.2. The Kier molecular flexibility index (Phi) is 6.32. The van der Waals surface area contributed by atoms with Gasteiger partial charge in [0.1, 0.15) is 0 Å². The Morgan fingerprint density at radius 3 is 2.32 bits per heavy atom. The molecule has 0 heterocycles. The molecule has 4 heteroatoms. The molecular weight excluding hydrogens is 397 g/mol. The SMILES string of the molecule is CC[C@]1(O)CCC2(C)[C@@H](CC[C@@H]3[C@@H]2CC[C@]2(C)[C@@H]([C@H](C)CCCC(F)(F)F)CC[C@@H]32)C1. The van der Waals surface area contributed by atoms with Crippen molar-refractivity contribution >= 4 is 0 Å². The van der Waals surface area contributed by atoms with Crippen molar-refractivity contribution in [3.8, 4) is 0 Å². The third-order valence-corrected chi connectivity index (χ3v) is 11.4. The van der Waals surface area contributed by atoms with Gasteiger partial charge in [0, 0.05) is 6.42 Å². The molecule has 0 spiro atoms. The standard InChI is InChI=1S/C27H45F3O/c1-5-26(31)16-15-24(3)19(17-26)8-9-20-22-11-10-21(25(22,4)14-12-23(20)24)18(2)7-6-13-27(28,29)30/h18-23,31H,5-17H2,1-4H3/t18-,19+,20+,21-,22+,23+,24?,25-,26+/m1/s1. The van der Waals surface area contributed by atoms with Crippen LogP contribution in [0.1, 0.15) is 111 Å². The molecule has 4 aliphatic rings. The van der Waals surface area contributed by atoms with Crippen LogP contribution in [-0.4, -0.2) is 16.9 Å². The minimum atomic E-state index is -4.02. The first-order chi connectivity index (χ1) is 14.4. The number of aliphatic hydroxyl groups is 1. The Labute approximate surface area is 187 Å². The summed E-state index contributed by atoms with van der Waals surface area (Å²) in [6.07, 6.45) is 7.98. The first kappa shape index (κ1) is 23.9. The summed E-state index contributed by atoms with van der Waals surface area (Å²) in [5.74, 6) is 3.98. The van der Waals surface area contributed by atoms with Gasteiger partial charge in [-0.15, -0.1) is 0 Å². The van der Waals surface area contributed by atoms with Gasteiger partial charge in [-0.3, -0.25) is 0 Å². The summed E-state index contributed by atoms with van der Waals surface area (Å²) in [7, 11) is 0. The molecular formula is C27H45F3O. The molecule has 0 saturated heterocycles. The van der Waals surface area contributed by atoms with E-state index >= 15 is 0 Å². The van der Waals surface area contributed by atoms with Crippen LogP contribution in [-0.2, 0) is 0 Å². The number of hydrogen-bond donors (Lipinski definition) is 1. The topological polar surface area (TPSA) is 20.2 Å². The summed E-state index contributed by atoms with van der Waals surface area (Å²) in [5.41, 5.74) is 0.257. The number of halogens is 3. The van der Waals surface area contributed by atoms with E-state index in [9.17, 15) is 18.3 Å². The van der Waals surface area contributed by atoms with Crippen LogP contribution in [0, 0.1) is 46.3 Å². The second-order valence-electron chi connectivity index (χ2n) is 12.7. The maximum atomic E-state index is 12.6. The Balaban J connectivity index is 1.45. The summed E-state index contributed by atoms with van der Waals surface area (Å²) in [6, 6.07) is 0. The zero-order chi connectivity index (χ0) is 22.7. The van der Waals surface area contributed by atoms with E-state index in [-0.39, 0.29) is 6.42 Å². The van der Waals surface area contributed by atoms with E-state index < -0.39 is 18.2 Å². The van der Waals surface area contributed by atoms with Crippen LogP contribution in [0.2, 0.25) is 0 Å². The van der Waals surface area contributed by atoms with Crippen LogP contribution in [0.3, 0.4) is 0 Å². The van der Waals surface area contributed by atoms with Gasteiger partial charge in [0.05, 0.1) is 5.60 Å². The first-order valence-electron chi connectivity index (χ1n) is 13.2. The average molecular weight is 443 g/mol. The van der Waals surface area contributed by atoms with Crippen molar-refractivity contribution in [3.05, 3.63) is 0 Å². The molecule has 0 aromatic heterocycles. The van der Waals surface area contributed by atoms with Gasteiger partial charge in [-0.25, -0.2) is 0 Å². The van der Waals surface area contributed by atoms with Crippen LogP contribution in [0.15, 0.2) is 0 Å². The number of fused-ring (bicyclic) bond motifs is 5. The maximum Gasteiger partial charge on any atom is 0.389 e. The number of hydrogen-bond acceptors (Lipinski definition) is 1. The second kappa shape index (κ2) is 8.20. The summed E-state index contributed by atoms with van der Waals surface area (Å²) in [4.78, 5) is 0. The van der Waals surface area contributed by atoms with E-state index in [2.05, 4.69) is 27.7 Å². The van der Waals surface area contributed by atoms with E-state index in [1.54, 1.807) is 0 Å². The Morgan fingerprint density at radius 2 is 1.65 bits per heavy atom. The summed E-state index contributed by atoms with van der Waals surface area (Å²) >= 11 is 0. The van der Waals surface area contributed by atoms with Gasteiger partial charge in [-0.2, -0.15) is 13.2 Å². The highest BCUT2D eigenvalue weighted by molar-refractivity contribution is 5.10. The molecule has 4 saturated carbocycles. The Hall–Kier alpha value is -0.250. The fourth-order valence-corrected chi connectivity index (χ4v) is 9.44. The minimum Gasteiger partial charge on any atom is -0.390 e. The lowest BCUT2D eigenvalue weighted by atomic mass is 9.43. The minimum absolute atomic E-state index is 0.286. The van der Waals surface area contributed by atoms with Crippen LogP contribution in [0.4, 0.5) is 13.2 Å². The molecule has 4 aliphatic carbocycles. The molecule has 0 bridgehead atoms. The highest BCUT2D eigenvalue weighted by Crippen LogP contribution is 2.69.